The first kappa shape index (κ1) is 16.7. The molecule has 3 aromatic rings. The Morgan fingerprint density at radius 2 is 1.80 bits per heavy atom. The van der Waals surface area contributed by atoms with Crippen LogP contribution in [0, 0.1) is 6.92 Å². The lowest BCUT2D eigenvalue weighted by atomic mass is 10.1. The van der Waals surface area contributed by atoms with E-state index in [1.54, 1.807) is 43.5 Å². The number of Topliss-reactive ketones (excluding diaryl/α,β-unsaturated/α-hetero) is 1. The van der Waals surface area contributed by atoms with Crippen LogP contribution in [0.15, 0.2) is 77.7 Å². The summed E-state index contributed by atoms with van der Waals surface area (Å²) in [6, 6.07) is 20.4. The van der Waals surface area contributed by atoms with Crippen molar-refractivity contribution in [2.75, 3.05) is 0 Å². The number of hydrogen-bond donors (Lipinski definition) is 0. The van der Waals surface area contributed by atoms with Crippen molar-refractivity contribution >= 4 is 5.78 Å². The van der Waals surface area contributed by atoms with Crippen molar-refractivity contribution in [1.29, 1.82) is 0 Å². The van der Waals surface area contributed by atoms with E-state index >= 15 is 0 Å². The predicted octanol–water partition coefficient (Wildman–Crippen LogP) is 3.62. The van der Waals surface area contributed by atoms with Gasteiger partial charge in [0.2, 0.25) is 0 Å². The molecule has 0 aliphatic carbocycles. The first-order valence-corrected chi connectivity index (χ1v) is 8.09. The van der Waals surface area contributed by atoms with Crippen LogP contribution in [0.25, 0.3) is 0 Å². The van der Waals surface area contributed by atoms with Gasteiger partial charge in [0.05, 0.1) is 6.54 Å². The van der Waals surface area contributed by atoms with Crippen LogP contribution in [-0.2, 0) is 13.2 Å². The summed E-state index contributed by atoms with van der Waals surface area (Å²) in [5.41, 5.74) is 2.06. The molecule has 0 atom stereocenters. The van der Waals surface area contributed by atoms with Gasteiger partial charge in [-0.2, -0.15) is 0 Å². The van der Waals surface area contributed by atoms with Crippen LogP contribution < -0.4 is 10.3 Å². The smallest absolute Gasteiger partial charge is 0.253 e. The molecule has 0 fully saturated rings. The van der Waals surface area contributed by atoms with Crippen molar-refractivity contribution in [1.82, 2.24) is 4.57 Å². The highest BCUT2D eigenvalue weighted by molar-refractivity contribution is 5.96. The minimum atomic E-state index is -0.146. The van der Waals surface area contributed by atoms with E-state index in [0.29, 0.717) is 23.5 Å². The Hall–Kier alpha value is -3.14. The number of ketones is 1. The molecule has 0 saturated heterocycles. The Kier molecular flexibility index (Phi) is 5.09. The lowest BCUT2D eigenvalue weighted by molar-refractivity contribution is 0.0970. The number of aryl methyl sites for hydroxylation is 1. The fraction of sp³-hybridized carbons (Fsp3) is 0.143. The van der Waals surface area contributed by atoms with Gasteiger partial charge in [-0.3, -0.25) is 9.59 Å². The second-order valence-corrected chi connectivity index (χ2v) is 5.85. The van der Waals surface area contributed by atoms with Gasteiger partial charge in [-0.1, -0.05) is 48.5 Å². The average Bonchev–Trinajstić information content (AvgIpc) is 2.65. The van der Waals surface area contributed by atoms with E-state index in [1.807, 2.05) is 36.4 Å². The second kappa shape index (κ2) is 7.62. The van der Waals surface area contributed by atoms with Gasteiger partial charge in [-0.25, -0.2) is 0 Å². The molecule has 0 N–H and O–H groups in total. The van der Waals surface area contributed by atoms with Crippen LogP contribution in [-0.4, -0.2) is 10.4 Å². The van der Waals surface area contributed by atoms with E-state index in [2.05, 4.69) is 0 Å². The van der Waals surface area contributed by atoms with Crippen LogP contribution in [0.2, 0.25) is 0 Å². The maximum absolute atomic E-state index is 12.5. The highest BCUT2D eigenvalue weighted by Crippen LogP contribution is 2.16. The van der Waals surface area contributed by atoms with Gasteiger partial charge < -0.3 is 9.30 Å². The first-order chi connectivity index (χ1) is 12.1. The summed E-state index contributed by atoms with van der Waals surface area (Å²) in [4.78, 5) is 24.5. The van der Waals surface area contributed by atoms with E-state index in [4.69, 9.17) is 4.74 Å². The minimum Gasteiger partial charge on any atom is -0.489 e. The molecule has 3 rings (SSSR count). The quantitative estimate of drug-likeness (QED) is 0.647. The molecule has 126 valence electrons. The van der Waals surface area contributed by atoms with Gasteiger partial charge in [0.25, 0.3) is 5.56 Å². The van der Waals surface area contributed by atoms with E-state index in [1.165, 1.54) is 4.57 Å². The van der Waals surface area contributed by atoms with Gasteiger partial charge in [-0.15, -0.1) is 0 Å². The number of pyridine rings is 1. The summed E-state index contributed by atoms with van der Waals surface area (Å²) < 4.78 is 7.18. The number of rotatable bonds is 6. The molecular formula is C21H19NO3. The van der Waals surface area contributed by atoms with E-state index in [0.717, 1.165) is 5.56 Å². The summed E-state index contributed by atoms with van der Waals surface area (Å²) >= 11 is 0. The van der Waals surface area contributed by atoms with Crippen LogP contribution >= 0.6 is 0 Å². The maximum atomic E-state index is 12.5. The van der Waals surface area contributed by atoms with Gasteiger partial charge in [0.1, 0.15) is 12.4 Å². The molecule has 0 amide bonds. The highest BCUT2D eigenvalue weighted by Gasteiger charge is 2.10. The number of benzene rings is 2. The standard InChI is InChI=1S/C21H19NO3/c1-16-7-6-12-22(21(16)24)14-20(23)18-10-5-11-19(13-18)25-15-17-8-3-2-4-9-17/h2-13H,14-15H2,1H3. The van der Waals surface area contributed by atoms with Crippen LogP contribution in [0.5, 0.6) is 5.75 Å². The fourth-order valence-electron chi connectivity index (χ4n) is 2.53. The molecule has 0 spiro atoms. The Labute approximate surface area is 146 Å². The van der Waals surface area contributed by atoms with E-state index < -0.39 is 0 Å². The molecule has 0 radical (unpaired) electrons. The number of nitrogens with zero attached hydrogens (tertiary/aromatic N) is 1. The molecule has 0 aliphatic rings. The van der Waals surface area contributed by atoms with Crippen LogP contribution in [0.3, 0.4) is 0 Å². The number of aromatic nitrogens is 1. The summed E-state index contributed by atoms with van der Waals surface area (Å²) in [5.74, 6) is 0.504. The van der Waals surface area contributed by atoms with Crippen molar-refractivity contribution in [2.45, 2.75) is 20.1 Å². The lowest BCUT2D eigenvalue weighted by Gasteiger charge is -2.09. The molecule has 0 unspecified atom stereocenters. The first-order valence-electron chi connectivity index (χ1n) is 8.09. The van der Waals surface area contributed by atoms with Crippen LogP contribution in [0.1, 0.15) is 21.5 Å². The van der Waals surface area contributed by atoms with Gasteiger partial charge in [0, 0.05) is 17.3 Å². The average molecular weight is 333 g/mol. The topological polar surface area (TPSA) is 48.3 Å². The SMILES string of the molecule is Cc1cccn(CC(=O)c2cccc(OCc3ccccc3)c2)c1=O. The zero-order chi connectivity index (χ0) is 17.6. The molecule has 1 heterocycles. The molecule has 2 aromatic carbocycles. The third kappa shape index (κ3) is 4.23. The molecule has 0 bridgehead atoms. The summed E-state index contributed by atoms with van der Waals surface area (Å²) in [6.07, 6.45) is 1.63. The third-order valence-electron chi connectivity index (χ3n) is 3.93. The Morgan fingerprint density at radius 3 is 2.60 bits per heavy atom. The number of carbonyl (C=O) groups excluding carboxylic acids is 1. The monoisotopic (exact) mass is 333 g/mol. The van der Waals surface area contributed by atoms with E-state index in [9.17, 15) is 9.59 Å². The molecule has 4 heteroatoms. The zero-order valence-electron chi connectivity index (χ0n) is 14.0. The lowest BCUT2D eigenvalue weighted by Crippen LogP contribution is -2.25. The molecular weight excluding hydrogens is 314 g/mol. The van der Waals surface area contributed by atoms with Gasteiger partial charge in [0.15, 0.2) is 5.78 Å². The van der Waals surface area contributed by atoms with Crippen molar-refractivity contribution in [3.05, 3.63) is 100.0 Å². The molecule has 4 nitrogen and oxygen atoms in total. The second-order valence-electron chi connectivity index (χ2n) is 5.85. The normalized spacial score (nSPS) is 10.4. The van der Waals surface area contributed by atoms with Crippen molar-refractivity contribution in [2.24, 2.45) is 0 Å². The number of ether oxygens (including phenoxy) is 1. The number of carbonyl (C=O) groups is 1. The summed E-state index contributed by atoms with van der Waals surface area (Å²) in [6.45, 7) is 2.19. The minimum absolute atomic E-state index is 0.0165. The maximum Gasteiger partial charge on any atom is 0.253 e. The van der Waals surface area contributed by atoms with Crippen LogP contribution in [0.4, 0.5) is 0 Å². The third-order valence-corrected chi connectivity index (χ3v) is 3.93. The van der Waals surface area contributed by atoms with Crippen molar-refractivity contribution in [3.8, 4) is 5.75 Å². The number of hydrogen-bond acceptors (Lipinski definition) is 3. The Bertz CT molecular complexity index is 929. The van der Waals surface area contributed by atoms with Crippen molar-refractivity contribution in [3.63, 3.8) is 0 Å². The zero-order valence-corrected chi connectivity index (χ0v) is 14.0. The molecule has 0 saturated carbocycles. The Morgan fingerprint density at radius 1 is 1.00 bits per heavy atom. The molecule has 25 heavy (non-hydrogen) atoms. The molecule has 1 aromatic heterocycles. The van der Waals surface area contributed by atoms with Gasteiger partial charge >= 0.3 is 0 Å². The van der Waals surface area contributed by atoms with E-state index in [-0.39, 0.29) is 17.9 Å². The van der Waals surface area contributed by atoms with Crippen molar-refractivity contribution < 1.29 is 9.53 Å². The highest BCUT2D eigenvalue weighted by atomic mass is 16.5. The largest absolute Gasteiger partial charge is 0.489 e. The Balaban J connectivity index is 1.71. The predicted molar refractivity (Wildman–Crippen MR) is 97.0 cm³/mol. The molecule has 0 aliphatic heterocycles. The fourth-order valence-corrected chi connectivity index (χ4v) is 2.53. The van der Waals surface area contributed by atoms with Gasteiger partial charge in [-0.05, 0) is 30.7 Å². The summed E-state index contributed by atoms with van der Waals surface area (Å²) in [5, 5.41) is 0. The summed E-state index contributed by atoms with van der Waals surface area (Å²) in [7, 11) is 0.